The van der Waals surface area contributed by atoms with E-state index in [0.717, 1.165) is 5.92 Å². The van der Waals surface area contributed by atoms with E-state index in [1.165, 1.54) is 29.5 Å². The van der Waals surface area contributed by atoms with Crippen LogP contribution in [0.4, 0.5) is 0 Å². The molecule has 1 aromatic carbocycles. The van der Waals surface area contributed by atoms with Gasteiger partial charge in [0.2, 0.25) is 0 Å². The van der Waals surface area contributed by atoms with Crippen molar-refractivity contribution >= 4 is 0 Å². The van der Waals surface area contributed by atoms with Gasteiger partial charge < -0.3 is 0 Å². The minimum atomic E-state index is 0.808. The summed E-state index contributed by atoms with van der Waals surface area (Å²) in [7, 11) is 0. The number of benzene rings is 1. The minimum Gasteiger partial charge on any atom is -0.0683 e. The Morgan fingerprint density at radius 1 is 1.07 bits per heavy atom. The first kappa shape index (κ1) is 14.2. The van der Waals surface area contributed by atoms with Crippen molar-refractivity contribution in [3.63, 3.8) is 0 Å². The molecule has 0 fully saturated rings. The molecule has 1 atom stereocenters. The quantitative estimate of drug-likeness (QED) is 0.658. The van der Waals surface area contributed by atoms with E-state index < -0.39 is 0 Å². The van der Waals surface area contributed by atoms with E-state index in [1.807, 2.05) is 13.8 Å². The van der Waals surface area contributed by atoms with Gasteiger partial charge in [0.25, 0.3) is 0 Å². The molecule has 0 spiro atoms. The molecule has 0 bridgehead atoms. The zero-order valence-electron chi connectivity index (χ0n) is 11.2. The molecule has 0 heterocycles. The van der Waals surface area contributed by atoms with Crippen LogP contribution in [0.15, 0.2) is 18.2 Å². The molecule has 0 heteroatoms. The Kier molecular flexibility index (Phi) is 7.11. The summed E-state index contributed by atoms with van der Waals surface area (Å²) < 4.78 is 0. The van der Waals surface area contributed by atoms with E-state index in [9.17, 15) is 0 Å². The van der Waals surface area contributed by atoms with Gasteiger partial charge in [-0.1, -0.05) is 52.3 Å². The van der Waals surface area contributed by atoms with Crippen molar-refractivity contribution in [2.24, 2.45) is 5.92 Å². The van der Waals surface area contributed by atoms with Crippen LogP contribution < -0.4 is 0 Å². The van der Waals surface area contributed by atoms with Crippen molar-refractivity contribution in [2.45, 2.75) is 54.4 Å². The lowest BCUT2D eigenvalue weighted by Crippen LogP contribution is -1.98. The van der Waals surface area contributed by atoms with Crippen molar-refractivity contribution in [3.05, 3.63) is 34.9 Å². The number of hydrogen-bond acceptors (Lipinski definition) is 0. The van der Waals surface area contributed by atoms with Gasteiger partial charge in [0.1, 0.15) is 0 Å². The van der Waals surface area contributed by atoms with Crippen molar-refractivity contribution in [1.29, 1.82) is 0 Å². The summed E-state index contributed by atoms with van der Waals surface area (Å²) in [5.74, 6) is 0.808. The van der Waals surface area contributed by atoms with Crippen molar-refractivity contribution in [3.8, 4) is 0 Å². The first-order valence-electron chi connectivity index (χ1n) is 6.19. The summed E-state index contributed by atoms with van der Waals surface area (Å²) in [6.45, 7) is 12.9. The van der Waals surface area contributed by atoms with Crippen molar-refractivity contribution in [2.75, 3.05) is 0 Å². The van der Waals surface area contributed by atoms with Gasteiger partial charge in [0, 0.05) is 0 Å². The van der Waals surface area contributed by atoms with E-state index in [1.54, 1.807) is 0 Å². The normalized spacial score (nSPS) is 11.6. The van der Waals surface area contributed by atoms with E-state index in [2.05, 4.69) is 45.9 Å². The number of aryl methyl sites for hydroxylation is 2. The molecule has 0 aliphatic rings. The molecule has 0 saturated heterocycles. The second-order valence-electron chi connectivity index (χ2n) is 4.14. The Morgan fingerprint density at radius 3 is 2.13 bits per heavy atom. The molecule has 1 rings (SSSR count). The largest absolute Gasteiger partial charge is 0.0683 e. The average Bonchev–Trinajstić information content (AvgIpc) is 2.26. The predicted molar refractivity (Wildman–Crippen MR) is 70.4 cm³/mol. The summed E-state index contributed by atoms with van der Waals surface area (Å²) in [5, 5.41) is 0. The monoisotopic (exact) mass is 206 g/mol. The highest BCUT2D eigenvalue weighted by atomic mass is 14.1. The third kappa shape index (κ3) is 5.01. The summed E-state index contributed by atoms with van der Waals surface area (Å²) in [6.07, 6.45) is 2.49. The molecule has 0 aromatic heterocycles. The Labute approximate surface area is 95.7 Å². The second-order valence-corrected chi connectivity index (χ2v) is 4.14. The lowest BCUT2D eigenvalue weighted by atomic mass is 9.96. The maximum atomic E-state index is 2.32. The SMILES string of the molecule is CC.CCC(C)Cc1ccc(C)c(C)c1. The molecule has 0 radical (unpaired) electrons. The van der Waals surface area contributed by atoms with Gasteiger partial charge in [0.15, 0.2) is 0 Å². The lowest BCUT2D eigenvalue weighted by molar-refractivity contribution is 0.560. The van der Waals surface area contributed by atoms with Crippen LogP contribution in [0.25, 0.3) is 0 Å². The fourth-order valence-electron chi connectivity index (χ4n) is 1.48. The Morgan fingerprint density at radius 2 is 1.67 bits per heavy atom. The summed E-state index contributed by atoms with van der Waals surface area (Å²) in [5.41, 5.74) is 4.30. The first-order chi connectivity index (χ1) is 7.13. The Hall–Kier alpha value is -0.780. The molecule has 15 heavy (non-hydrogen) atoms. The van der Waals surface area contributed by atoms with Gasteiger partial charge in [-0.3, -0.25) is 0 Å². The first-order valence-corrected chi connectivity index (χ1v) is 6.19. The third-order valence-electron chi connectivity index (χ3n) is 2.85. The van der Waals surface area contributed by atoms with E-state index in [0.29, 0.717) is 0 Å². The molecule has 0 nitrogen and oxygen atoms in total. The number of rotatable bonds is 3. The second kappa shape index (κ2) is 7.50. The van der Waals surface area contributed by atoms with Gasteiger partial charge in [-0.25, -0.2) is 0 Å². The number of hydrogen-bond donors (Lipinski definition) is 0. The van der Waals surface area contributed by atoms with Crippen LogP contribution >= 0.6 is 0 Å². The van der Waals surface area contributed by atoms with Crippen LogP contribution in [-0.2, 0) is 6.42 Å². The summed E-state index contributed by atoms with van der Waals surface area (Å²) in [4.78, 5) is 0. The van der Waals surface area contributed by atoms with Crippen LogP contribution in [0.5, 0.6) is 0 Å². The zero-order valence-corrected chi connectivity index (χ0v) is 11.2. The minimum absolute atomic E-state index is 0.808. The third-order valence-corrected chi connectivity index (χ3v) is 2.85. The van der Waals surface area contributed by atoms with Gasteiger partial charge in [0.05, 0.1) is 0 Å². The molecule has 0 amide bonds. The fraction of sp³-hybridized carbons (Fsp3) is 0.600. The topological polar surface area (TPSA) is 0 Å². The maximum absolute atomic E-state index is 2.32. The van der Waals surface area contributed by atoms with Crippen LogP contribution in [0.3, 0.4) is 0 Å². The smallest absolute Gasteiger partial charge is 0.0253 e. The van der Waals surface area contributed by atoms with E-state index in [4.69, 9.17) is 0 Å². The molecule has 86 valence electrons. The highest BCUT2D eigenvalue weighted by molar-refractivity contribution is 5.30. The molecular formula is C15H26. The maximum Gasteiger partial charge on any atom is -0.0253 e. The van der Waals surface area contributed by atoms with Crippen molar-refractivity contribution < 1.29 is 0 Å². The van der Waals surface area contributed by atoms with Gasteiger partial charge in [-0.2, -0.15) is 0 Å². The Bertz CT molecular complexity index is 273. The average molecular weight is 206 g/mol. The van der Waals surface area contributed by atoms with Crippen LogP contribution in [0.1, 0.15) is 50.8 Å². The lowest BCUT2D eigenvalue weighted by Gasteiger charge is -2.09. The molecule has 1 unspecified atom stereocenters. The Balaban J connectivity index is 0.000000921. The summed E-state index contributed by atoms with van der Waals surface area (Å²) >= 11 is 0. The molecule has 0 saturated carbocycles. The zero-order chi connectivity index (χ0) is 11.8. The van der Waals surface area contributed by atoms with E-state index in [-0.39, 0.29) is 0 Å². The van der Waals surface area contributed by atoms with Gasteiger partial charge in [-0.15, -0.1) is 0 Å². The van der Waals surface area contributed by atoms with Crippen LogP contribution in [0, 0.1) is 19.8 Å². The van der Waals surface area contributed by atoms with Crippen LogP contribution in [-0.4, -0.2) is 0 Å². The highest BCUT2D eigenvalue weighted by Crippen LogP contribution is 2.15. The standard InChI is InChI=1S/C13H20.C2H6/c1-5-10(2)8-13-7-6-11(3)12(4)9-13;1-2/h6-7,9-10H,5,8H2,1-4H3;1-2H3. The molecule has 0 aliphatic carbocycles. The van der Waals surface area contributed by atoms with E-state index >= 15 is 0 Å². The van der Waals surface area contributed by atoms with Gasteiger partial charge in [-0.05, 0) is 42.9 Å². The molecule has 0 aliphatic heterocycles. The van der Waals surface area contributed by atoms with Crippen molar-refractivity contribution in [1.82, 2.24) is 0 Å². The fourth-order valence-corrected chi connectivity index (χ4v) is 1.48. The highest BCUT2D eigenvalue weighted by Gasteiger charge is 2.01. The predicted octanol–water partition coefficient (Wildman–Crippen LogP) is 4.92. The van der Waals surface area contributed by atoms with Crippen LogP contribution in [0.2, 0.25) is 0 Å². The molecule has 0 N–H and O–H groups in total. The molecular weight excluding hydrogens is 180 g/mol. The summed E-state index contributed by atoms with van der Waals surface area (Å²) in [6, 6.07) is 6.81. The molecule has 1 aromatic rings. The van der Waals surface area contributed by atoms with Gasteiger partial charge >= 0.3 is 0 Å².